The Kier molecular flexibility index (Phi) is 4.22. The van der Waals surface area contributed by atoms with Crippen molar-refractivity contribution in [2.75, 3.05) is 13.1 Å². The Bertz CT molecular complexity index is 875. The number of nitrogens with zero attached hydrogens (tertiary/aromatic N) is 2. The first-order valence-corrected chi connectivity index (χ1v) is 9.73. The van der Waals surface area contributed by atoms with E-state index in [1.807, 2.05) is 43.0 Å². The fourth-order valence-corrected chi connectivity index (χ4v) is 4.85. The largest absolute Gasteiger partial charge is 0.349 e. The van der Waals surface area contributed by atoms with Gasteiger partial charge in [-0.1, -0.05) is 29.8 Å². The molecule has 1 unspecified atom stereocenters. The summed E-state index contributed by atoms with van der Waals surface area (Å²) in [6, 6.07) is 7.76. The fraction of sp³-hybridized carbons (Fsp3) is 0.500. The Morgan fingerprint density at radius 2 is 1.88 bits per heavy atom. The molecule has 1 atom stereocenters. The van der Waals surface area contributed by atoms with Crippen molar-refractivity contribution in [2.24, 2.45) is 0 Å². The van der Waals surface area contributed by atoms with E-state index in [2.05, 4.69) is 4.98 Å². The van der Waals surface area contributed by atoms with Crippen LogP contribution in [-0.4, -0.2) is 51.3 Å². The van der Waals surface area contributed by atoms with Crippen LogP contribution in [0.4, 0.5) is 0 Å². The average Bonchev–Trinajstić information content (AvgIpc) is 3.19. The van der Waals surface area contributed by atoms with E-state index in [4.69, 9.17) is 11.6 Å². The van der Waals surface area contributed by atoms with Crippen LogP contribution in [0.1, 0.15) is 50.0 Å². The smallest absolute Gasteiger partial charge is 0.272 e. The van der Waals surface area contributed by atoms with Gasteiger partial charge in [-0.15, -0.1) is 0 Å². The number of fused-ring (bicyclic) bond motifs is 1. The van der Waals surface area contributed by atoms with Gasteiger partial charge in [0.05, 0.1) is 5.02 Å². The highest BCUT2D eigenvalue weighted by molar-refractivity contribution is 6.38. The maximum Gasteiger partial charge on any atom is 0.272 e. The van der Waals surface area contributed by atoms with Crippen LogP contribution in [-0.2, 0) is 4.79 Å². The number of carbonyl (C=O) groups is 2. The molecule has 2 amide bonds. The summed E-state index contributed by atoms with van der Waals surface area (Å²) in [6.07, 6.45) is 3.24. The van der Waals surface area contributed by atoms with E-state index in [1.54, 1.807) is 4.90 Å². The van der Waals surface area contributed by atoms with Crippen molar-refractivity contribution in [2.45, 2.75) is 51.1 Å². The Labute approximate surface area is 158 Å². The molecule has 0 aliphatic carbocycles. The molecule has 0 radical (unpaired) electrons. The number of hydrogen-bond donors (Lipinski definition) is 1. The number of nitrogens with one attached hydrogen (secondary N) is 1. The average molecular weight is 374 g/mol. The predicted octanol–water partition coefficient (Wildman–Crippen LogP) is 3.83. The van der Waals surface area contributed by atoms with Gasteiger partial charge in [-0.3, -0.25) is 9.59 Å². The van der Waals surface area contributed by atoms with Gasteiger partial charge in [0.1, 0.15) is 11.2 Å². The third-order valence-electron chi connectivity index (χ3n) is 5.86. The van der Waals surface area contributed by atoms with Gasteiger partial charge >= 0.3 is 0 Å². The van der Waals surface area contributed by atoms with Crippen LogP contribution in [0.3, 0.4) is 0 Å². The standard InChI is InChI=1S/C20H24ClN3O2/c1-13(2)23-11-5-9-20(19(23)26)10-6-12-24(20)18(25)17-16(21)14-7-3-4-8-15(14)22-17/h3-4,7-8,13,22H,5-6,9-12H2,1-2H3. The highest BCUT2D eigenvalue weighted by Crippen LogP contribution is 2.40. The van der Waals surface area contributed by atoms with E-state index in [9.17, 15) is 9.59 Å². The van der Waals surface area contributed by atoms with Crippen molar-refractivity contribution in [3.63, 3.8) is 0 Å². The van der Waals surface area contributed by atoms with E-state index in [0.29, 0.717) is 17.3 Å². The van der Waals surface area contributed by atoms with Crippen LogP contribution in [0, 0.1) is 0 Å². The topological polar surface area (TPSA) is 56.4 Å². The quantitative estimate of drug-likeness (QED) is 0.869. The maximum absolute atomic E-state index is 13.4. The number of rotatable bonds is 2. The molecular formula is C20H24ClN3O2. The van der Waals surface area contributed by atoms with Gasteiger partial charge in [0.15, 0.2) is 0 Å². The van der Waals surface area contributed by atoms with E-state index in [1.165, 1.54) is 0 Å². The molecule has 2 aliphatic rings. The molecule has 138 valence electrons. The molecule has 26 heavy (non-hydrogen) atoms. The minimum atomic E-state index is -0.708. The summed E-state index contributed by atoms with van der Waals surface area (Å²) in [4.78, 5) is 33.5. The molecule has 2 saturated heterocycles. The lowest BCUT2D eigenvalue weighted by atomic mass is 9.84. The number of amides is 2. The van der Waals surface area contributed by atoms with Gasteiger partial charge in [-0.05, 0) is 45.6 Å². The predicted molar refractivity (Wildman–Crippen MR) is 102 cm³/mol. The summed E-state index contributed by atoms with van der Waals surface area (Å²) in [7, 11) is 0. The Balaban J connectivity index is 1.73. The molecule has 1 spiro atoms. The number of piperidine rings is 1. The van der Waals surface area contributed by atoms with E-state index in [0.717, 1.165) is 43.1 Å². The monoisotopic (exact) mass is 373 g/mol. The zero-order valence-electron chi connectivity index (χ0n) is 15.2. The van der Waals surface area contributed by atoms with Crippen LogP contribution < -0.4 is 0 Å². The van der Waals surface area contributed by atoms with Crippen molar-refractivity contribution in [1.29, 1.82) is 0 Å². The summed E-state index contributed by atoms with van der Waals surface area (Å²) in [5.74, 6) is -0.0699. The molecule has 0 saturated carbocycles. The summed E-state index contributed by atoms with van der Waals surface area (Å²) in [6.45, 7) is 5.44. The van der Waals surface area contributed by atoms with Crippen molar-refractivity contribution in [3.05, 3.63) is 35.0 Å². The molecule has 0 bridgehead atoms. The number of hydrogen-bond acceptors (Lipinski definition) is 2. The lowest BCUT2D eigenvalue weighted by molar-refractivity contribution is -0.147. The van der Waals surface area contributed by atoms with Gasteiger partial charge in [-0.2, -0.15) is 0 Å². The summed E-state index contributed by atoms with van der Waals surface area (Å²) in [5, 5.41) is 1.28. The molecule has 2 fully saturated rings. The van der Waals surface area contributed by atoms with Crippen molar-refractivity contribution in [3.8, 4) is 0 Å². The lowest BCUT2D eigenvalue weighted by Gasteiger charge is -2.45. The van der Waals surface area contributed by atoms with E-state index >= 15 is 0 Å². The SMILES string of the molecule is CC(C)N1CCCC2(CCCN2C(=O)c2[nH]c3ccccc3c2Cl)C1=O. The molecule has 6 heteroatoms. The van der Waals surface area contributed by atoms with E-state index < -0.39 is 5.54 Å². The maximum atomic E-state index is 13.4. The third-order valence-corrected chi connectivity index (χ3v) is 6.25. The zero-order chi connectivity index (χ0) is 18.5. The van der Waals surface area contributed by atoms with Crippen LogP contribution >= 0.6 is 11.6 Å². The Morgan fingerprint density at radius 1 is 1.19 bits per heavy atom. The lowest BCUT2D eigenvalue weighted by Crippen LogP contribution is -2.62. The Hall–Kier alpha value is -2.01. The van der Waals surface area contributed by atoms with Crippen LogP contribution in [0.25, 0.3) is 10.9 Å². The van der Waals surface area contributed by atoms with Crippen LogP contribution in [0.5, 0.6) is 0 Å². The second kappa shape index (κ2) is 6.31. The van der Waals surface area contributed by atoms with Gasteiger partial charge in [0, 0.05) is 30.0 Å². The van der Waals surface area contributed by atoms with Gasteiger partial charge in [-0.25, -0.2) is 0 Å². The third kappa shape index (κ3) is 2.44. The van der Waals surface area contributed by atoms with Gasteiger partial charge < -0.3 is 14.8 Å². The van der Waals surface area contributed by atoms with E-state index in [-0.39, 0.29) is 17.9 Å². The van der Waals surface area contributed by atoms with Crippen molar-refractivity contribution < 1.29 is 9.59 Å². The summed E-state index contributed by atoms with van der Waals surface area (Å²) in [5.41, 5.74) is 0.525. The molecule has 2 aliphatic heterocycles. The summed E-state index contributed by atoms with van der Waals surface area (Å²) >= 11 is 6.50. The van der Waals surface area contributed by atoms with Crippen LogP contribution in [0.15, 0.2) is 24.3 Å². The number of para-hydroxylation sites is 1. The van der Waals surface area contributed by atoms with Crippen molar-refractivity contribution >= 4 is 34.3 Å². The molecule has 3 heterocycles. The van der Waals surface area contributed by atoms with Crippen LogP contribution in [0.2, 0.25) is 5.02 Å². The van der Waals surface area contributed by atoms with Crippen molar-refractivity contribution in [1.82, 2.24) is 14.8 Å². The zero-order valence-corrected chi connectivity index (χ0v) is 16.0. The van der Waals surface area contributed by atoms with Gasteiger partial charge in [0.2, 0.25) is 5.91 Å². The highest BCUT2D eigenvalue weighted by atomic mass is 35.5. The second-order valence-electron chi connectivity index (χ2n) is 7.65. The number of halogens is 1. The Morgan fingerprint density at radius 3 is 2.58 bits per heavy atom. The highest BCUT2D eigenvalue weighted by Gasteiger charge is 2.53. The summed E-state index contributed by atoms with van der Waals surface area (Å²) < 4.78 is 0. The first-order chi connectivity index (χ1) is 12.5. The molecular weight excluding hydrogens is 350 g/mol. The number of aromatic amines is 1. The first-order valence-electron chi connectivity index (χ1n) is 9.35. The molecule has 2 aromatic rings. The number of H-pyrrole nitrogens is 1. The second-order valence-corrected chi connectivity index (χ2v) is 8.03. The minimum Gasteiger partial charge on any atom is -0.349 e. The number of benzene rings is 1. The molecule has 5 nitrogen and oxygen atoms in total. The molecule has 4 rings (SSSR count). The molecule has 1 aromatic heterocycles. The molecule has 1 aromatic carbocycles. The number of carbonyl (C=O) groups excluding carboxylic acids is 2. The number of likely N-dealkylation sites (tertiary alicyclic amines) is 2. The fourth-order valence-electron chi connectivity index (χ4n) is 4.56. The minimum absolute atomic E-state index is 0.0943. The normalized spacial score (nSPS) is 23.6. The number of aromatic nitrogens is 1. The molecule has 1 N–H and O–H groups in total. The first kappa shape index (κ1) is 17.4. The van der Waals surface area contributed by atoms with Gasteiger partial charge in [0.25, 0.3) is 5.91 Å².